The molecule has 8 heteroatoms. The van der Waals surface area contributed by atoms with Crippen LogP contribution in [0.5, 0.6) is 0 Å². The Morgan fingerprint density at radius 2 is 1.88 bits per heavy atom. The lowest BCUT2D eigenvalue weighted by molar-refractivity contribution is 0.0775. The Balaban J connectivity index is 1.36. The summed E-state index contributed by atoms with van der Waals surface area (Å²) in [5.41, 5.74) is 0. The molecule has 0 unspecified atom stereocenters. The van der Waals surface area contributed by atoms with E-state index in [4.69, 9.17) is 0 Å². The normalized spacial score (nSPS) is 21.1. The van der Waals surface area contributed by atoms with E-state index in [1.54, 1.807) is 11.3 Å². The molecule has 136 valence electrons. The second-order valence-corrected chi connectivity index (χ2v) is 7.99. The van der Waals surface area contributed by atoms with Gasteiger partial charge >= 0.3 is 0 Å². The highest BCUT2D eigenvalue weighted by Crippen LogP contribution is 2.30. The van der Waals surface area contributed by atoms with Gasteiger partial charge in [-0.05, 0) is 25.7 Å². The van der Waals surface area contributed by atoms with E-state index in [9.17, 15) is 5.11 Å². The third-order valence-corrected chi connectivity index (χ3v) is 6.30. The molecule has 2 aliphatic rings. The molecule has 2 aromatic rings. The molecule has 2 aromatic heterocycles. The van der Waals surface area contributed by atoms with Crippen molar-refractivity contribution in [3.05, 3.63) is 23.2 Å². The zero-order valence-corrected chi connectivity index (χ0v) is 15.5. The molecular formula is C17H26N6OS. The second kappa shape index (κ2) is 7.39. The van der Waals surface area contributed by atoms with Crippen molar-refractivity contribution in [1.29, 1.82) is 0 Å². The Bertz CT molecular complexity index is 671. The van der Waals surface area contributed by atoms with Gasteiger partial charge < -0.3 is 14.6 Å². The SMILES string of the molecule is Cn1c(CN2CCC(O)CC2)nnc1C1CCN(c2nccs2)CC1. The molecule has 7 nitrogen and oxygen atoms in total. The molecule has 0 aromatic carbocycles. The van der Waals surface area contributed by atoms with E-state index in [0.29, 0.717) is 5.92 Å². The summed E-state index contributed by atoms with van der Waals surface area (Å²) < 4.78 is 2.19. The van der Waals surface area contributed by atoms with Crippen LogP contribution in [-0.2, 0) is 13.6 Å². The maximum Gasteiger partial charge on any atom is 0.185 e. The number of aromatic nitrogens is 4. The Morgan fingerprint density at radius 3 is 2.56 bits per heavy atom. The van der Waals surface area contributed by atoms with E-state index in [1.807, 2.05) is 11.6 Å². The zero-order valence-electron chi connectivity index (χ0n) is 14.7. The van der Waals surface area contributed by atoms with Gasteiger partial charge in [0.15, 0.2) is 5.13 Å². The molecule has 4 rings (SSSR count). The number of likely N-dealkylation sites (tertiary alicyclic amines) is 1. The maximum atomic E-state index is 9.64. The van der Waals surface area contributed by atoms with Crippen LogP contribution in [-0.4, -0.2) is 62.0 Å². The van der Waals surface area contributed by atoms with Crippen LogP contribution in [0.3, 0.4) is 0 Å². The third-order valence-electron chi connectivity index (χ3n) is 5.47. The minimum absolute atomic E-state index is 0.130. The van der Waals surface area contributed by atoms with Crippen LogP contribution in [0.15, 0.2) is 11.6 Å². The van der Waals surface area contributed by atoms with Crippen molar-refractivity contribution in [1.82, 2.24) is 24.6 Å². The Labute approximate surface area is 152 Å². The molecule has 0 saturated carbocycles. The standard InChI is InChI=1S/C17H26N6OS/c1-21-15(12-22-7-4-14(24)5-8-22)19-20-16(21)13-2-9-23(10-3-13)17-18-6-11-25-17/h6,11,13-14,24H,2-5,7-10,12H2,1H3. The fraction of sp³-hybridized carbons (Fsp3) is 0.706. The van der Waals surface area contributed by atoms with Gasteiger partial charge in [-0.2, -0.15) is 0 Å². The Morgan fingerprint density at radius 1 is 1.12 bits per heavy atom. The van der Waals surface area contributed by atoms with Crippen LogP contribution >= 0.6 is 11.3 Å². The number of rotatable bonds is 4. The van der Waals surface area contributed by atoms with E-state index < -0.39 is 0 Å². The molecule has 2 aliphatic heterocycles. The molecule has 0 radical (unpaired) electrons. The number of thiazole rings is 1. The van der Waals surface area contributed by atoms with E-state index in [1.165, 1.54) is 0 Å². The van der Waals surface area contributed by atoms with Gasteiger partial charge in [-0.3, -0.25) is 4.90 Å². The van der Waals surface area contributed by atoms with E-state index in [-0.39, 0.29) is 6.10 Å². The van der Waals surface area contributed by atoms with Crippen LogP contribution in [0, 0.1) is 0 Å². The van der Waals surface area contributed by atoms with Crippen molar-refractivity contribution in [2.45, 2.75) is 44.2 Å². The van der Waals surface area contributed by atoms with E-state index >= 15 is 0 Å². The quantitative estimate of drug-likeness (QED) is 0.891. The predicted molar refractivity (Wildman–Crippen MR) is 97.8 cm³/mol. The summed E-state index contributed by atoms with van der Waals surface area (Å²) in [6, 6.07) is 0. The Hall–Kier alpha value is -1.51. The number of nitrogens with zero attached hydrogens (tertiary/aromatic N) is 6. The average molecular weight is 363 g/mol. The molecule has 0 aliphatic carbocycles. The highest BCUT2D eigenvalue weighted by molar-refractivity contribution is 7.13. The lowest BCUT2D eigenvalue weighted by Crippen LogP contribution is -2.36. The summed E-state index contributed by atoms with van der Waals surface area (Å²) >= 11 is 1.71. The fourth-order valence-electron chi connectivity index (χ4n) is 3.85. The number of hydrogen-bond acceptors (Lipinski definition) is 7. The molecule has 4 heterocycles. The van der Waals surface area contributed by atoms with Crippen molar-refractivity contribution < 1.29 is 5.11 Å². The molecule has 0 bridgehead atoms. The first-order valence-electron chi connectivity index (χ1n) is 9.13. The third kappa shape index (κ3) is 3.70. The monoisotopic (exact) mass is 362 g/mol. The topological polar surface area (TPSA) is 70.3 Å². The van der Waals surface area contributed by atoms with Gasteiger partial charge in [0, 0.05) is 50.7 Å². The van der Waals surface area contributed by atoms with E-state index in [2.05, 4.69) is 36.6 Å². The largest absolute Gasteiger partial charge is 0.393 e. The van der Waals surface area contributed by atoms with Gasteiger partial charge in [-0.15, -0.1) is 21.5 Å². The molecule has 0 spiro atoms. The van der Waals surface area contributed by atoms with Crippen molar-refractivity contribution in [3.63, 3.8) is 0 Å². The van der Waals surface area contributed by atoms with Crippen LogP contribution < -0.4 is 4.90 Å². The van der Waals surface area contributed by atoms with Gasteiger partial charge in [0.05, 0.1) is 12.6 Å². The van der Waals surface area contributed by atoms with Gasteiger partial charge in [0.25, 0.3) is 0 Å². The number of hydrogen-bond donors (Lipinski definition) is 1. The predicted octanol–water partition coefficient (Wildman–Crippen LogP) is 1.61. The fourth-order valence-corrected chi connectivity index (χ4v) is 4.54. The summed E-state index contributed by atoms with van der Waals surface area (Å²) in [5.74, 6) is 2.63. The van der Waals surface area contributed by atoms with Gasteiger partial charge in [0.1, 0.15) is 11.6 Å². The van der Waals surface area contributed by atoms with Crippen molar-refractivity contribution >= 4 is 16.5 Å². The summed E-state index contributed by atoms with van der Waals surface area (Å²) in [6.45, 7) is 4.77. The van der Waals surface area contributed by atoms with Crippen molar-refractivity contribution in [2.75, 3.05) is 31.1 Å². The number of anilines is 1. The summed E-state index contributed by atoms with van der Waals surface area (Å²) in [6.07, 6.45) is 5.66. The number of piperidine rings is 2. The molecule has 25 heavy (non-hydrogen) atoms. The highest BCUT2D eigenvalue weighted by Gasteiger charge is 2.27. The van der Waals surface area contributed by atoms with Crippen LogP contribution in [0.4, 0.5) is 5.13 Å². The minimum atomic E-state index is -0.130. The minimum Gasteiger partial charge on any atom is -0.393 e. The van der Waals surface area contributed by atoms with Crippen molar-refractivity contribution in [2.24, 2.45) is 7.05 Å². The average Bonchev–Trinajstić information content (AvgIpc) is 3.28. The highest BCUT2D eigenvalue weighted by atomic mass is 32.1. The molecule has 2 saturated heterocycles. The van der Waals surface area contributed by atoms with E-state index in [0.717, 1.165) is 75.2 Å². The lowest BCUT2D eigenvalue weighted by atomic mass is 9.96. The summed E-state index contributed by atoms with van der Waals surface area (Å²) in [5, 5.41) is 21.8. The van der Waals surface area contributed by atoms with Gasteiger partial charge in [-0.1, -0.05) is 0 Å². The van der Waals surface area contributed by atoms with Gasteiger partial charge in [0.2, 0.25) is 0 Å². The molecule has 2 fully saturated rings. The first-order valence-corrected chi connectivity index (χ1v) is 10.0. The summed E-state index contributed by atoms with van der Waals surface area (Å²) in [4.78, 5) is 9.16. The first-order chi connectivity index (χ1) is 12.2. The summed E-state index contributed by atoms with van der Waals surface area (Å²) in [7, 11) is 2.09. The molecule has 0 amide bonds. The van der Waals surface area contributed by atoms with Crippen molar-refractivity contribution in [3.8, 4) is 0 Å². The molecular weight excluding hydrogens is 336 g/mol. The molecule has 0 atom stereocenters. The number of aliphatic hydroxyl groups excluding tert-OH is 1. The first kappa shape index (κ1) is 16.9. The number of aliphatic hydroxyl groups is 1. The maximum absolute atomic E-state index is 9.64. The van der Waals surface area contributed by atoms with Crippen LogP contribution in [0.1, 0.15) is 43.3 Å². The smallest absolute Gasteiger partial charge is 0.185 e. The second-order valence-electron chi connectivity index (χ2n) is 7.12. The van der Waals surface area contributed by atoms with Crippen LogP contribution in [0.2, 0.25) is 0 Å². The zero-order chi connectivity index (χ0) is 17.2. The van der Waals surface area contributed by atoms with Gasteiger partial charge in [-0.25, -0.2) is 4.98 Å². The Kier molecular flexibility index (Phi) is 5.00. The molecule has 1 N–H and O–H groups in total. The lowest BCUT2D eigenvalue weighted by Gasteiger charge is -2.31. The van der Waals surface area contributed by atoms with Crippen LogP contribution in [0.25, 0.3) is 0 Å².